The predicted octanol–water partition coefficient (Wildman–Crippen LogP) is 2.88. The smallest absolute Gasteiger partial charge is 0.316 e. The molecular formula is C22H30O7. The molecule has 0 amide bonds. The molecule has 0 bridgehead atoms. The van der Waals surface area contributed by atoms with Crippen molar-refractivity contribution in [3.05, 3.63) is 35.9 Å². The van der Waals surface area contributed by atoms with E-state index in [-0.39, 0.29) is 42.9 Å². The van der Waals surface area contributed by atoms with Gasteiger partial charge in [-0.25, -0.2) is 0 Å². The van der Waals surface area contributed by atoms with E-state index in [4.69, 9.17) is 9.47 Å². The first kappa shape index (κ1) is 24.4. The number of carbonyl (C=O) groups is 3. The number of para-hydroxylation sites is 1. The van der Waals surface area contributed by atoms with Crippen LogP contribution >= 0.6 is 0 Å². The molecule has 1 rings (SSSR count). The fourth-order valence-corrected chi connectivity index (χ4v) is 3.01. The maximum Gasteiger partial charge on any atom is 0.316 e. The maximum absolute atomic E-state index is 12.8. The van der Waals surface area contributed by atoms with E-state index < -0.39 is 35.7 Å². The van der Waals surface area contributed by atoms with Gasteiger partial charge in [-0.05, 0) is 44.4 Å². The van der Waals surface area contributed by atoms with E-state index in [1.165, 1.54) is 12.1 Å². The summed E-state index contributed by atoms with van der Waals surface area (Å²) in [4.78, 5) is 37.2. The average molecular weight is 406 g/mol. The second-order valence-electron chi connectivity index (χ2n) is 6.44. The second kappa shape index (κ2) is 12.0. The van der Waals surface area contributed by atoms with E-state index >= 15 is 0 Å². The molecule has 0 aromatic heterocycles. The highest BCUT2D eigenvalue weighted by Gasteiger charge is 2.33. The summed E-state index contributed by atoms with van der Waals surface area (Å²) in [7, 11) is 0. The van der Waals surface area contributed by atoms with Crippen LogP contribution in [0.5, 0.6) is 5.75 Å². The number of rotatable bonds is 11. The number of benzene rings is 1. The molecule has 0 radical (unpaired) electrons. The zero-order valence-corrected chi connectivity index (χ0v) is 17.4. The van der Waals surface area contributed by atoms with Gasteiger partial charge in [0.05, 0.1) is 25.2 Å². The normalized spacial score (nSPS) is 14.6. The van der Waals surface area contributed by atoms with Crippen LogP contribution in [0.25, 0.3) is 5.57 Å². The van der Waals surface area contributed by atoms with Crippen LogP contribution in [0, 0.1) is 11.8 Å². The highest BCUT2D eigenvalue weighted by molar-refractivity contribution is 6.08. The van der Waals surface area contributed by atoms with Crippen LogP contribution in [-0.4, -0.2) is 47.3 Å². The first-order valence-electron chi connectivity index (χ1n) is 9.87. The summed E-state index contributed by atoms with van der Waals surface area (Å²) in [5.74, 6) is -3.95. The first-order valence-corrected chi connectivity index (χ1v) is 9.87. The summed E-state index contributed by atoms with van der Waals surface area (Å²) in [5, 5.41) is 21.2. The minimum atomic E-state index is -1.41. The van der Waals surface area contributed by atoms with Crippen molar-refractivity contribution >= 4 is 23.3 Å². The van der Waals surface area contributed by atoms with Gasteiger partial charge in [-0.15, -0.1) is 0 Å². The highest BCUT2D eigenvalue weighted by atomic mass is 16.5. The van der Waals surface area contributed by atoms with Crippen molar-refractivity contribution in [1.29, 1.82) is 0 Å². The fourth-order valence-electron chi connectivity index (χ4n) is 3.01. The highest BCUT2D eigenvalue weighted by Crippen LogP contribution is 2.32. The van der Waals surface area contributed by atoms with Gasteiger partial charge >= 0.3 is 11.9 Å². The molecule has 0 spiro atoms. The molecule has 0 aliphatic rings. The molecule has 29 heavy (non-hydrogen) atoms. The molecule has 2 N–H and O–H groups in total. The Morgan fingerprint density at radius 3 is 2.07 bits per heavy atom. The third kappa shape index (κ3) is 6.42. The van der Waals surface area contributed by atoms with Crippen molar-refractivity contribution < 1.29 is 34.1 Å². The minimum Gasteiger partial charge on any atom is -0.507 e. The van der Waals surface area contributed by atoms with Crippen LogP contribution in [0.2, 0.25) is 0 Å². The van der Waals surface area contributed by atoms with Gasteiger partial charge in [-0.1, -0.05) is 32.0 Å². The van der Waals surface area contributed by atoms with Crippen LogP contribution in [0.3, 0.4) is 0 Å². The molecule has 7 heteroatoms. The lowest BCUT2D eigenvalue weighted by Gasteiger charge is -2.24. The molecule has 7 nitrogen and oxygen atoms in total. The van der Waals surface area contributed by atoms with Crippen molar-refractivity contribution in [3.8, 4) is 5.75 Å². The fraction of sp³-hybridized carbons (Fsp3) is 0.500. The Morgan fingerprint density at radius 2 is 1.55 bits per heavy atom. The lowest BCUT2D eigenvalue weighted by molar-refractivity contribution is -0.152. The Balaban J connectivity index is 3.43. The summed E-state index contributed by atoms with van der Waals surface area (Å²) in [6.45, 7) is 6.98. The third-order valence-corrected chi connectivity index (χ3v) is 4.56. The van der Waals surface area contributed by atoms with E-state index in [1.54, 1.807) is 39.8 Å². The third-order valence-electron chi connectivity index (χ3n) is 4.56. The van der Waals surface area contributed by atoms with Gasteiger partial charge in [0.2, 0.25) is 0 Å². The summed E-state index contributed by atoms with van der Waals surface area (Å²) in [6, 6.07) is 6.17. The van der Waals surface area contributed by atoms with E-state index in [2.05, 4.69) is 0 Å². The summed E-state index contributed by atoms with van der Waals surface area (Å²) in [5.41, 5.74) is 0.255. The molecule has 0 heterocycles. The van der Waals surface area contributed by atoms with E-state index in [0.29, 0.717) is 0 Å². The molecule has 3 atom stereocenters. The number of allylic oxidation sites excluding steroid dienone is 1. The van der Waals surface area contributed by atoms with Gasteiger partial charge in [0.1, 0.15) is 11.7 Å². The number of phenols is 1. The number of aliphatic hydroxyl groups excluding tert-OH is 1. The van der Waals surface area contributed by atoms with Gasteiger partial charge in [0, 0.05) is 5.56 Å². The van der Waals surface area contributed by atoms with Crippen molar-refractivity contribution in [2.45, 2.75) is 46.6 Å². The van der Waals surface area contributed by atoms with Crippen LogP contribution in [0.1, 0.15) is 46.1 Å². The zero-order valence-electron chi connectivity index (χ0n) is 17.4. The van der Waals surface area contributed by atoms with Gasteiger partial charge in [0.15, 0.2) is 5.78 Å². The second-order valence-corrected chi connectivity index (χ2v) is 6.44. The Bertz CT molecular complexity index is 738. The SMILES string of the molecule is CCOC(=O)C(CC)C(=O)/C=C(\c1ccccc1O)C(O)C(CC)C(=O)OCC. The quantitative estimate of drug-likeness (QED) is 0.330. The lowest BCUT2D eigenvalue weighted by Crippen LogP contribution is -2.31. The topological polar surface area (TPSA) is 110 Å². The summed E-state index contributed by atoms with van der Waals surface area (Å²) < 4.78 is 9.98. The van der Waals surface area contributed by atoms with Gasteiger partial charge < -0.3 is 19.7 Å². The first-order chi connectivity index (χ1) is 13.8. The number of hydrogen-bond acceptors (Lipinski definition) is 7. The van der Waals surface area contributed by atoms with E-state index in [9.17, 15) is 24.6 Å². The number of ketones is 1. The van der Waals surface area contributed by atoms with Crippen molar-refractivity contribution in [1.82, 2.24) is 0 Å². The number of aromatic hydroxyl groups is 1. The van der Waals surface area contributed by atoms with Crippen LogP contribution in [0.15, 0.2) is 30.3 Å². The molecule has 0 fully saturated rings. The molecule has 0 saturated carbocycles. The summed E-state index contributed by atoms with van der Waals surface area (Å²) in [6.07, 6.45) is 0.185. The number of carbonyl (C=O) groups excluding carboxylic acids is 3. The molecule has 0 aliphatic heterocycles. The Kier molecular flexibility index (Phi) is 10.1. The number of phenolic OH excluding ortho intramolecular Hbond substituents is 1. The van der Waals surface area contributed by atoms with E-state index in [0.717, 1.165) is 6.08 Å². The van der Waals surface area contributed by atoms with Gasteiger partial charge in [-0.3, -0.25) is 14.4 Å². The van der Waals surface area contributed by atoms with Crippen molar-refractivity contribution in [2.75, 3.05) is 13.2 Å². The molecule has 160 valence electrons. The monoisotopic (exact) mass is 406 g/mol. The zero-order chi connectivity index (χ0) is 22.0. The summed E-state index contributed by atoms with van der Waals surface area (Å²) >= 11 is 0. The Labute approximate surface area is 171 Å². The van der Waals surface area contributed by atoms with Crippen LogP contribution < -0.4 is 0 Å². The maximum atomic E-state index is 12.8. The Hall–Kier alpha value is -2.67. The van der Waals surface area contributed by atoms with Gasteiger partial charge in [0.25, 0.3) is 0 Å². The number of ether oxygens (including phenoxy) is 2. The molecular weight excluding hydrogens is 376 g/mol. The molecule has 3 unspecified atom stereocenters. The molecule has 1 aromatic carbocycles. The van der Waals surface area contributed by atoms with Crippen LogP contribution in [-0.2, 0) is 23.9 Å². The number of aliphatic hydroxyl groups is 1. The minimum absolute atomic E-state index is 0.0516. The number of esters is 2. The van der Waals surface area contributed by atoms with Crippen LogP contribution in [0.4, 0.5) is 0 Å². The standard InChI is InChI=1S/C22H30O7/c1-5-14(21(26)28-7-3)19(24)13-17(16-11-9-10-12-18(16)23)20(25)15(6-2)22(27)29-8-4/h9-15,20,23,25H,5-8H2,1-4H3/b17-13+. The number of hydrogen-bond donors (Lipinski definition) is 2. The van der Waals surface area contributed by atoms with E-state index in [1.807, 2.05) is 0 Å². The lowest BCUT2D eigenvalue weighted by atomic mass is 9.86. The Morgan fingerprint density at radius 1 is 0.966 bits per heavy atom. The van der Waals surface area contributed by atoms with Crippen molar-refractivity contribution in [3.63, 3.8) is 0 Å². The average Bonchev–Trinajstić information content (AvgIpc) is 2.68. The molecule has 1 aromatic rings. The molecule has 0 aliphatic carbocycles. The van der Waals surface area contributed by atoms with Crippen molar-refractivity contribution in [2.24, 2.45) is 11.8 Å². The molecule has 0 saturated heterocycles. The largest absolute Gasteiger partial charge is 0.507 e. The van der Waals surface area contributed by atoms with Gasteiger partial charge in [-0.2, -0.15) is 0 Å². The predicted molar refractivity (Wildman–Crippen MR) is 108 cm³/mol.